The number of likely N-dealkylation sites (N-methyl/N-ethyl adjacent to an activating group) is 1. The molecule has 2 heterocycles. The van der Waals surface area contributed by atoms with E-state index >= 15 is 0 Å². The summed E-state index contributed by atoms with van der Waals surface area (Å²) in [6.07, 6.45) is 1.88. The van der Waals surface area contributed by atoms with Crippen LogP contribution in [0.2, 0.25) is 0 Å². The number of likely N-dealkylation sites (tertiary alicyclic amines) is 1. The first-order valence-corrected chi connectivity index (χ1v) is 12.4. The fourth-order valence-corrected chi connectivity index (χ4v) is 5.86. The maximum absolute atomic E-state index is 13.7. The lowest BCUT2D eigenvalue weighted by molar-refractivity contribution is -0.133. The van der Waals surface area contributed by atoms with Crippen LogP contribution in [0.3, 0.4) is 0 Å². The van der Waals surface area contributed by atoms with Gasteiger partial charge in [0, 0.05) is 33.1 Å². The summed E-state index contributed by atoms with van der Waals surface area (Å²) in [7, 11) is -1.88. The molecule has 1 fully saturated rings. The first kappa shape index (κ1) is 21.8. The second kappa shape index (κ2) is 8.61. The molecule has 0 unspecified atom stereocenters. The molecule has 3 atom stereocenters. The number of nitrogens with zero attached hydrogens (tertiary/aromatic N) is 3. The van der Waals surface area contributed by atoms with Crippen LogP contribution in [0.1, 0.15) is 23.6 Å². The molecule has 2 aliphatic rings. The van der Waals surface area contributed by atoms with Gasteiger partial charge in [-0.1, -0.05) is 48.5 Å². The van der Waals surface area contributed by atoms with Crippen LogP contribution in [0.4, 0.5) is 5.69 Å². The van der Waals surface area contributed by atoms with Crippen molar-refractivity contribution >= 4 is 21.6 Å². The van der Waals surface area contributed by atoms with Crippen molar-refractivity contribution in [2.75, 3.05) is 37.2 Å². The van der Waals surface area contributed by atoms with Crippen LogP contribution in [0.15, 0.2) is 54.6 Å². The van der Waals surface area contributed by atoms with Crippen LogP contribution >= 0.6 is 0 Å². The second-order valence-corrected chi connectivity index (χ2v) is 10.3. The lowest BCUT2D eigenvalue weighted by Crippen LogP contribution is -2.50. The predicted molar refractivity (Wildman–Crippen MR) is 120 cm³/mol. The van der Waals surface area contributed by atoms with Gasteiger partial charge < -0.3 is 10.0 Å². The zero-order valence-corrected chi connectivity index (χ0v) is 18.7. The van der Waals surface area contributed by atoms with Crippen molar-refractivity contribution in [1.82, 2.24) is 9.80 Å². The van der Waals surface area contributed by atoms with Gasteiger partial charge in [-0.15, -0.1) is 0 Å². The standard InChI is InChI=1S/C23H29N3O4S/c1-24(22(17-8-4-3-5-9-17)16-25-13-12-19(27)15-25)23(28)21-14-18-10-6-7-11-20(18)26(21)31(2,29)30/h3-11,19,21-22,27H,12-16H2,1-2H3/t19-,21-,22+/m0/s1. The molecular weight excluding hydrogens is 414 g/mol. The number of carbonyl (C=O) groups is 1. The SMILES string of the molecule is CN(C(=O)[C@@H]1Cc2ccccc2N1S(C)(=O)=O)[C@H](CN1CC[C@H](O)C1)c1ccccc1. The molecule has 0 bridgehead atoms. The molecule has 0 aliphatic carbocycles. The number of carbonyl (C=O) groups excluding carboxylic acids is 1. The minimum Gasteiger partial charge on any atom is -0.392 e. The number of hydrogen-bond acceptors (Lipinski definition) is 5. The Kier molecular flexibility index (Phi) is 6.05. The number of hydrogen-bond donors (Lipinski definition) is 1. The van der Waals surface area contributed by atoms with Gasteiger partial charge in [0.2, 0.25) is 15.9 Å². The number of β-amino-alcohol motifs (C(OH)–C–C–N with tert-alkyl or cyclic N) is 1. The summed E-state index contributed by atoms with van der Waals surface area (Å²) in [6, 6.07) is 16.0. The number of sulfonamides is 1. The highest BCUT2D eigenvalue weighted by atomic mass is 32.2. The van der Waals surface area contributed by atoms with E-state index in [1.807, 2.05) is 42.5 Å². The molecule has 1 saturated heterocycles. The predicted octanol–water partition coefficient (Wildman–Crippen LogP) is 1.64. The Balaban J connectivity index is 1.63. The van der Waals surface area contributed by atoms with Crippen molar-refractivity contribution in [3.05, 3.63) is 65.7 Å². The summed E-state index contributed by atoms with van der Waals surface area (Å²) in [5.41, 5.74) is 2.43. The number of fused-ring (bicyclic) bond motifs is 1. The third-order valence-electron chi connectivity index (χ3n) is 6.25. The van der Waals surface area contributed by atoms with Gasteiger partial charge in [-0.2, -0.15) is 0 Å². The third-order valence-corrected chi connectivity index (χ3v) is 7.41. The number of rotatable bonds is 6. The first-order chi connectivity index (χ1) is 14.8. The average Bonchev–Trinajstić information content (AvgIpc) is 3.34. The van der Waals surface area contributed by atoms with Crippen LogP contribution in [-0.2, 0) is 21.2 Å². The Morgan fingerprint density at radius 2 is 1.84 bits per heavy atom. The van der Waals surface area contributed by atoms with E-state index in [4.69, 9.17) is 0 Å². The molecule has 0 aromatic heterocycles. The molecule has 0 saturated carbocycles. The minimum atomic E-state index is -3.62. The molecule has 8 heteroatoms. The topological polar surface area (TPSA) is 81.2 Å². The Bertz CT molecular complexity index is 1040. The molecule has 2 aromatic rings. The van der Waals surface area contributed by atoms with E-state index in [2.05, 4.69) is 4.90 Å². The normalized spacial score (nSPS) is 22.4. The minimum absolute atomic E-state index is 0.227. The molecule has 1 N–H and O–H groups in total. The summed E-state index contributed by atoms with van der Waals surface area (Å²) in [5.74, 6) is -0.227. The van der Waals surface area contributed by atoms with Crippen LogP contribution < -0.4 is 4.31 Å². The summed E-state index contributed by atoms with van der Waals surface area (Å²) in [6.45, 7) is 1.94. The highest BCUT2D eigenvalue weighted by molar-refractivity contribution is 7.92. The van der Waals surface area contributed by atoms with Gasteiger partial charge in [0.05, 0.1) is 24.1 Å². The van der Waals surface area contributed by atoms with E-state index in [9.17, 15) is 18.3 Å². The zero-order valence-electron chi connectivity index (χ0n) is 17.9. The smallest absolute Gasteiger partial charge is 0.247 e. The molecule has 2 aliphatic heterocycles. The molecule has 31 heavy (non-hydrogen) atoms. The van der Waals surface area contributed by atoms with Gasteiger partial charge in [-0.3, -0.25) is 14.0 Å². The molecule has 2 aromatic carbocycles. The highest BCUT2D eigenvalue weighted by Gasteiger charge is 2.42. The number of para-hydroxylation sites is 1. The monoisotopic (exact) mass is 443 g/mol. The number of aliphatic hydroxyl groups excluding tert-OH is 1. The van der Waals surface area contributed by atoms with Gasteiger partial charge in [0.25, 0.3) is 0 Å². The second-order valence-electron chi connectivity index (χ2n) is 8.49. The Morgan fingerprint density at radius 3 is 2.48 bits per heavy atom. The highest BCUT2D eigenvalue weighted by Crippen LogP contribution is 2.36. The van der Waals surface area contributed by atoms with Crippen molar-refractivity contribution < 1.29 is 18.3 Å². The van der Waals surface area contributed by atoms with Gasteiger partial charge in [-0.25, -0.2) is 8.42 Å². The molecule has 4 rings (SSSR count). The molecule has 1 amide bonds. The van der Waals surface area contributed by atoms with Crippen LogP contribution in [0.25, 0.3) is 0 Å². The van der Waals surface area contributed by atoms with E-state index in [1.54, 1.807) is 24.1 Å². The molecular formula is C23H29N3O4S. The lowest BCUT2D eigenvalue weighted by Gasteiger charge is -2.35. The Morgan fingerprint density at radius 1 is 1.16 bits per heavy atom. The van der Waals surface area contributed by atoms with Gasteiger partial charge in [0.1, 0.15) is 6.04 Å². The number of anilines is 1. The summed E-state index contributed by atoms with van der Waals surface area (Å²) >= 11 is 0. The van der Waals surface area contributed by atoms with Crippen LogP contribution in [0, 0.1) is 0 Å². The van der Waals surface area contributed by atoms with Crippen molar-refractivity contribution in [1.29, 1.82) is 0 Å². The fourth-order valence-electron chi connectivity index (χ4n) is 4.69. The fraction of sp³-hybridized carbons (Fsp3) is 0.435. The van der Waals surface area contributed by atoms with E-state index in [1.165, 1.54) is 4.31 Å². The summed E-state index contributed by atoms with van der Waals surface area (Å²) in [4.78, 5) is 17.5. The van der Waals surface area contributed by atoms with Crippen molar-refractivity contribution in [3.8, 4) is 0 Å². The maximum Gasteiger partial charge on any atom is 0.247 e. The molecule has 0 spiro atoms. The van der Waals surface area contributed by atoms with E-state index in [0.717, 1.165) is 30.3 Å². The van der Waals surface area contributed by atoms with Gasteiger partial charge >= 0.3 is 0 Å². The summed E-state index contributed by atoms with van der Waals surface area (Å²) in [5, 5.41) is 9.93. The molecule has 166 valence electrons. The first-order valence-electron chi connectivity index (χ1n) is 10.5. The van der Waals surface area contributed by atoms with Gasteiger partial charge in [0.15, 0.2) is 0 Å². The summed E-state index contributed by atoms with van der Waals surface area (Å²) < 4.78 is 26.5. The van der Waals surface area contributed by atoms with Crippen molar-refractivity contribution in [2.24, 2.45) is 0 Å². The van der Waals surface area contributed by atoms with Crippen LogP contribution in [0.5, 0.6) is 0 Å². The van der Waals surface area contributed by atoms with E-state index < -0.39 is 16.1 Å². The van der Waals surface area contributed by atoms with Crippen LogP contribution in [-0.4, -0.2) is 74.3 Å². The zero-order chi connectivity index (χ0) is 22.2. The number of aliphatic hydroxyl groups is 1. The number of benzene rings is 2. The van der Waals surface area contributed by atoms with E-state index in [0.29, 0.717) is 25.2 Å². The number of amides is 1. The Hall–Kier alpha value is -2.42. The average molecular weight is 444 g/mol. The van der Waals surface area contributed by atoms with Crippen molar-refractivity contribution in [3.63, 3.8) is 0 Å². The van der Waals surface area contributed by atoms with Gasteiger partial charge in [-0.05, 0) is 23.6 Å². The molecule has 0 radical (unpaired) electrons. The Labute approximate surface area is 183 Å². The van der Waals surface area contributed by atoms with E-state index in [-0.39, 0.29) is 18.1 Å². The third kappa shape index (κ3) is 4.46. The molecule has 7 nitrogen and oxygen atoms in total. The largest absolute Gasteiger partial charge is 0.392 e. The maximum atomic E-state index is 13.7. The quantitative estimate of drug-likeness (QED) is 0.734. The lowest BCUT2D eigenvalue weighted by atomic mass is 10.0. The van der Waals surface area contributed by atoms with Crippen molar-refractivity contribution in [2.45, 2.75) is 31.0 Å².